The summed E-state index contributed by atoms with van der Waals surface area (Å²) in [6.45, 7) is 1.83. The van der Waals surface area contributed by atoms with Gasteiger partial charge in [-0.25, -0.2) is 4.79 Å². The van der Waals surface area contributed by atoms with Crippen molar-refractivity contribution in [1.82, 2.24) is 10.3 Å². The summed E-state index contributed by atoms with van der Waals surface area (Å²) >= 11 is 3.37. The largest absolute Gasteiger partial charge is 0.478 e. The Morgan fingerprint density at radius 1 is 1.42 bits per heavy atom. The van der Waals surface area contributed by atoms with E-state index in [4.69, 9.17) is 0 Å². The van der Waals surface area contributed by atoms with Crippen LogP contribution in [0, 0.1) is 0 Å². The summed E-state index contributed by atoms with van der Waals surface area (Å²) in [4.78, 5) is 16.1. The molecule has 1 aliphatic heterocycles. The van der Waals surface area contributed by atoms with Crippen LogP contribution in [0.5, 0.6) is 0 Å². The van der Waals surface area contributed by atoms with E-state index in [1.165, 1.54) is 0 Å². The molecule has 1 fully saturated rings. The van der Waals surface area contributed by atoms with Gasteiger partial charge in [-0.05, 0) is 37.2 Å². The molecule has 0 bridgehead atoms. The molecule has 2 N–H and O–H groups in total. The van der Waals surface area contributed by atoms with Crippen LogP contribution in [0.4, 0.5) is 0 Å². The van der Waals surface area contributed by atoms with Crippen molar-refractivity contribution < 1.29 is 9.90 Å². The first kappa shape index (κ1) is 12.6. The van der Waals surface area contributed by atoms with Crippen LogP contribution in [0.3, 0.4) is 0 Å². The number of halogens is 1. The third-order valence-electron chi connectivity index (χ3n) is 3.50. The van der Waals surface area contributed by atoms with Crippen molar-refractivity contribution in [3.63, 3.8) is 0 Å². The molecule has 0 amide bonds. The zero-order valence-electron chi connectivity index (χ0n) is 10.2. The maximum absolute atomic E-state index is 11.4. The highest BCUT2D eigenvalue weighted by atomic mass is 79.9. The van der Waals surface area contributed by atoms with E-state index in [0.29, 0.717) is 16.9 Å². The minimum Gasteiger partial charge on any atom is -0.478 e. The maximum atomic E-state index is 11.4. The summed E-state index contributed by atoms with van der Waals surface area (Å²) < 4.78 is 0.861. The highest BCUT2D eigenvalue weighted by molar-refractivity contribution is 9.10. The Bertz CT molecular complexity index is 651. The van der Waals surface area contributed by atoms with Gasteiger partial charge in [0.25, 0.3) is 0 Å². The van der Waals surface area contributed by atoms with Crippen LogP contribution in [-0.2, 0) is 0 Å². The Hall–Kier alpha value is -1.46. The number of pyridine rings is 1. The molecular weight excluding hydrogens is 308 g/mol. The van der Waals surface area contributed by atoms with Crippen molar-refractivity contribution in [2.75, 3.05) is 13.1 Å². The second-order valence-electron chi connectivity index (χ2n) is 4.75. The summed E-state index contributed by atoms with van der Waals surface area (Å²) in [7, 11) is 0. The van der Waals surface area contributed by atoms with Crippen LogP contribution in [0.15, 0.2) is 28.7 Å². The van der Waals surface area contributed by atoms with Crippen LogP contribution in [-0.4, -0.2) is 29.1 Å². The van der Waals surface area contributed by atoms with E-state index >= 15 is 0 Å². The molecule has 1 aliphatic rings. The lowest BCUT2D eigenvalue weighted by Crippen LogP contribution is -2.10. The molecule has 0 radical (unpaired) electrons. The Kier molecular flexibility index (Phi) is 3.24. The smallest absolute Gasteiger partial charge is 0.336 e. The van der Waals surface area contributed by atoms with Gasteiger partial charge in [-0.3, -0.25) is 4.98 Å². The van der Waals surface area contributed by atoms with Crippen molar-refractivity contribution in [1.29, 1.82) is 0 Å². The molecule has 1 unspecified atom stereocenters. The third-order valence-corrected chi connectivity index (χ3v) is 3.99. The molecule has 1 aromatic heterocycles. The molecule has 2 aromatic rings. The molecule has 98 valence electrons. The Morgan fingerprint density at radius 2 is 2.26 bits per heavy atom. The van der Waals surface area contributed by atoms with Gasteiger partial charge in [0.05, 0.1) is 11.1 Å². The van der Waals surface area contributed by atoms with Crippen molar-refractivity contribution in [2.24, 2.45) is 0 Å². The number of aromatic nitrogens is 1. The fourth-order valence-electron chi connectivity index (χ4n) is 2.51. The molecular formula is C14H13BrN2O2. The van der Waals surface area contributed by atoms with Gasteiger partial charge in [0.1, 0.15) is 0 Å². The summed E-state index contributed by atoms with van der Waals surface area (Å²) in [5.41, 5.74) is 1.94. The highest BCUT2D eigenvalue weighted by Crippen LogP contribution is 2.27. The first-order chi connectivity index (χ1) is 9.15. The average molecular weight is 321 g/mol. The quantitative estimate of drug-likeness (QED) is 0.893. The number of hydrogen-bond donors (Lipinski definition) is 2. The van der Waals surface area contributed by atoms with Crippen LogP contribution < -0.4 is 5.32 Å². The summed E-state index contributed by atoms with van der Waals surface area (Å²) in [6.07, 6.45) is 1.01. The van der Waals surface area contributed by atoms with Crippen molar-refractivity contribution in [3.05, 3.63) is 40.0 Å². The Morgan fingerprint density at radius 3 is 2.95 bits per heavy atom. The molecule has 19 heavy (non-hydrogen) atoms. The topological polar surface area (TPSA) is 62.2 Å². The van der Waals surface area contributed by atoms with Gasteiger partial charge in [-0.2, -0.15) is 0 Å². The highest BCUT2D eigenvalue weighted by Gasteiger charge is 2.21. The van der Waals surface area contributed by atoms with E-state index in [9.17, 15) is 9.90 Å². The molecule has 1 aromatic carbocycles. The van der Waals surface area contributed by atoms with Gasteiger partial charge in [0, 0.05) is 28.0 Å². The predicted molar refractivity (Wildman–Crippen MR) is 76.6 cm³/mol. The van der Waals surface area contributed by atoms with Crippen molar-refractivity contribution in [2.45, 2.75) is 12.3 Å². The van der Waals surface area contributed by atoms with Crippen molar-refractivity contribution >= 4 is 32.8 Å². The fraction of sp³-hybridized carbons (Fsp3) is 0.286. The molecule has 0 saturated carbocycles. The van der Waals surface area contributed by atoms with Gasteiger partial charge in [0.2, 0.25) is 0 Å². The van der Waals surface area contributed by atoms with Crippen LogP contribution in [0.25, 0.3) is 10.9 Å². The van der Waals surface area contributed by atoms with Gasteiger partial charge in [-0.1, -0.05) is 15.9 Å². The van der Waals surface area contributed by atoms with Gasteiger partial charge >= 0.3 is 5.97 Å². The van der Waals surface area contributed by atoms with Crippen LogP contribution in [0.2, 0.25) is 0 Å². The lowest BCUT2D eigenvalue weighted by molar-refractivity contribution is 0.0699. The van der Waals surface area contributed by atoms with E-state index in [0.717, 1.165) is 35.2 Å². The van der Waals surface area contributed by atoms with E-state index in [1.54, 1.807) is 6.07 Å². The van der Waals surface area contributed by atoms with Gasteiger partial charge < -0.3 is 10.4 Å². The molecule has 0 aliphatic carbocycles. The predicted octanol–water partition coefficient (Wildman–Crippen LogP) is 2.77. The number of rotatable bonds is 2. The second-order valence-corrected chi connectivity index (χ2v) is 5.67. The van der Waals surface area contributed by atoms with Crippen LogP contribution >= 0.6 is 15.9 Å². The molecule has 4 nitrogen and oxygen atoms in total. The zero-order chi connectivity index (χ0) is 13.4. The standard InChI is InChI=1S/C14H13BrN2O2/c15-9-1-2-12-10(5-9)11(14(18)19)6-13(17-12)8-3-4-16-7-8/h1-2,5-6,8,16H,3-4,7H2,(H,18,19). The lowest BCUT2D eigenvalue weighted by Gasteiger charge is -2.11. The summed E-state index contributed by atoms with van der Waals surface area (Å²) in [5.74, 6) is -0.594. The number of hydrogen-bond acceptors (Lipinski definition) is 3. The third kappa shape index (κ3) is 2.35. The monoisotopic (exact) mass is 320 g/mol. The zero-order valence-corrected chi connectivity index (χ0v) is 11.8. The number of carboxylic acid groups (broad SMARTS) is 1. The van der Waals surface area contributed by atoms with Crippen LogP contribution in [0.1, 0.15) is 28.4 Å². The molecule has 1 atom stereocenters. The molecule has 2 heterocycles. The van der Waals surface area contributed by atoms with E-state index in [2.05, 4.69) is 26.2 Å². The molecule has 1 saturated heterocycles. The number of nitrogens with one attached hydrogen (secondary N) is 1. The van der Waals surface area contributed by atoms with E-state index < -0.39 is 5.97 Å². The van der Waals surface area contributed by atoms with Gasteiger partial charge in [0.15, 0.2) is 0 Å². The summed E-state index contributed by atoms with van der Waals surface area (Å²) in [5, 5.41) is 13.3. The Balaban J connectivity index is 2.21. The first-order valence-electron chi connectivity index (χ1n) is 6.19. The lowest BCUT2D eigenvalue weighted by atomic mass is 9.99. The van der Waals surface area contributed by atoms with Gasteiger partial charge in [-0.15, -0.1) is 0 Å². The fourth-order valence-corrected chi connectivity index (χ4v) is 2.87. The number of benzene rings is 1. The number of aromatic carboxylic acids is 1. The second kappa shape index (κ2) is 4.90. The van der Waals surface area contributed by atoms with E-state index in [1.807, 2.05) is 18.2 Å². The minimum atomic E-state index is -0.905. The normalized spacial score (nSPS) is 18.9. The average Bonchev–Trinajstić information content (AvgIpc) is 2.91. The number of nitrogens with zero attached hydrogens (tertiary/aromatic N) is 1. The molecule has 5 heteroatoms. The number of fused-ring (bicyclic) bond motifs is 1. The minimum absolute atomic E-state index is 0.311. The number of carboxylic acids is 1. The SMILES string of the molecule is O=C(O)c1cc(C2CCNC2)nc2ccc(Br)cc12. The van der Waals surface area contributed by atoms with Crippen molar-refractivity contribution in [3.8, 4) is 0 Å². The van der Waals surface area contributed by atoms with E-state index in [-0.39, 0.29) is 0 Å². The molecule has 3 rings (SSSR count). The number of carbonyl (C=O) groups is 1. The maximum Gasteiger partial charge on any atom is 0.336 e. The molecule has 0 spiro atoms. The Labute approximate surface area is 119 Å². The first-order valence-corrected chi connectivity index (χ1v) is 6.98. The summed E-state index contributed by atoms with van der Waals surface area (Å²) in [6, 6.07) is 7.27.